The average molecular weight is 409 g/mol. The van der Waals surface area contributed by atoms with Crippen molar-refractivity contribution < 1.29 is 9.18 Å². The molecule has 6 N–H and O–H groups in total. The maximum Gasteiger partial charge on any atom is 0.252 e. The molecule has 3 aromatic rings. The Labute approximate surface area is 173 Å². The van der Waals surface area contributed by atoms with E-state index in [0.717, 1.165) is 43.0 Å². The Kier molecular flexibility index (Phi) is 5.45. The van der Waals surface area contributed by atoms with Crippen LogP contribution >= 0.6 is 0 Å². The summed E-state index contributed by atoms with van der Waals surface area (Å²) in [6.45, 7) is 1.87. The molecule has 1 amide bonds. The van der Waals surface area contributed by atoms with Gasteiger partial charge in [0.25, 0.3) is 5.91 Å². The number of halogens is 1. The Morgan fingerprint density at radius 3 is 2.70 bits per heavy atom. The zero-order valence-electron chi connectivity index (χ0n) is 16.7. The number of carbonyl (C=O) groups is 1. The maximum atomic E-state index is 14.6. The second-order valence-corrected chi connectivity index (χ2v) is 7.62. The lowest BCUT2D eigenvalue weighted by Gasteiger charge is -2.30. The van der Waals surface area contributed by atoms with E-state index in [1.807, 2.05) is 13.0 Å². The minimum Gasteiger partial charge on any atom is -0.365 e. The first-order chi connectivity index (χ1) is 14.4. The molecule has 1 aromatic carbocycles. The summed E-state index contributed by atoms with van der Waals surface area (Å²) in [6, 6.07) is 6.32. The molecule has 2 aromatic heterocycles. The van der Waals surface area contributed by atoms with Crippen molar-refractivity contribution in [2.24, 2.45) is 11.5 Å². The van der Waals surface area contributed by atoms with E-state index in [0.29, 0.717) is 11.2 Å². The third-order valence-corrected chi connectivity index (χ3v) is 5.31. The number of benzene rings is 1. The normalized spacial score (nSPS) is 18.9. The summed E-state index contributed by atoms with van der Waals surface area (Å²) in [4.78, 5) is 25.0. The molecule has 4 rings (SSSR count). The zero-order chi connectivity index (χ0) is 21.3. The molecule has 0 radical (unpaired) electrons. The van der Waals surface area contributed by atoms with Gasteiger partial charge in [-0.05, 0) is 44.0 Å². The Hall–Kier alpha value is -3.33. The molecular weight excluding hydrogens is 385 g/mol. The monoisotopic (exact) mass is 409 g/mol. The highest BCUT2D eigenvalue weighted by molar-refractivity contribution is 5.98. The molecule has 2 unspecified atom stereocenters. The number of hydrogen-bond acceptors (Lipinski definition) is 7. The van der Waals surface area contributed by atoms with Gasteiger partial charge in [0, 0.05) is 24.0 Å². The van der Waals surface area contributed by atoms with E-state index in [9.17, 15) is 9.18 Å². The quantitative estimate of drug-likeness (QED) is 0.509. The summed E-state index contributed by atoms with van der Waals surface area (Å²) in [7, 11) is 0. The topological polar surface area (TPSA) is 132 Å². The zero-order valence-corrected chi connectivity index (χ0v) is 16.7. The Morgan fingerprint density at radius 2 is 1.93 bits per heavy atom. The molecule has 9 heteroatoms. The van der Waals surface area contributed by atoms with E-state index >= 15 is 0 Å². The van der Waals surface area contributed by atoms with Gasteiger partial charge in [-0.3, -0.25) is 9.78 Å². The largest absolute Gasteiger partial charge is 0.365 e. The predicted octanol–water partition coefficient (Wildman–Crippen LogP) is 3.00. The number of amides is 1. The lowest BCUT2D eigenvalue weighted by atomic mass is 9.91. The number of nitrogens with one attached hydrogen (secondary N) is 2. The van der Waals surface area contributed by atoms with Crippen molar-refractivity contribution in [2.45, 2.75) is 44.7 Å². The van der Waals surface area contributed by atoms with Crippen LogP contribution in [0.25, 0.3) is 11.0 Å². The average Bonchev–Trinajstić information content (AvgIpc) is 2.71. The smallest absolute Gasteiger partial charge is 0.252 e. The van der Waals surface area contributed by atoms with Crippen LogP contribution in [0.2, 0.25) is 0 Å². The van der Waals surface area contributed by atoms with Gasteiger partial charge in [0.05, 0.1) is 22.3 Å². The minimum atomic E-state index is -0.777. The molecule has 156 valence electrons. The number of fused-ring (bicyclic) bond motifs is 1. The van der Waals surface area contributed by atoms with Crippen molar-refractivity contribution in [1.29, 1.82) is 0 Å². The van der Waals surface area contributed by atoms with Gasteiger partial charge in [-0.2, -0.15) is 0 Å². The lowest BCUT2D eigenvalue weighted by molar-refractivity contribution is 0.100. The Bertz CT molecular complexity index is 1100. The van der Waals surface area contributed by atoms with E-state index in [-0.39, 0.29) is 29.3 Å². The highest BCUT2D eigenvalue weighted by Gasteiger charge is 2.24. The van der Waals surface area contributed by atoms with Crippen LogP contribution in [0.5, 0.6) is 0 Å². The van der Waals surface area contributed by atoms with E-state index in [1.54, 1.807) is 18.3 Å². The van der Waals surface area contributed by atoms with Crippen LogP contribution in [0.4, 0.5) is 21.7 Å². The molecule has 0 aliphatic heterocycles. The summed E-state index contributed by atoms with van der Waals surface area (Å²) in [5.74, 6) is -1.22. The molecule has 2 heterocycles. The number of pyridine rings is 1. The van der Waals surface area contributed by atoms with E-state index in [1.165, 1.54) is 0 Å². The molecule has 1 saturated carbocycles. The summed E-state index contributed by atoms with van der Waals surface area (Å²) in [5.41, 5.74) is 14.4. The first-order valence-corrected chi connectivity index (χ1v) is 9.93. The molecule has 0 spiro atoms. The van der Waals surface area contributed by atoms with Gasteiger partial charge < -0.3 is 22.1 Å². The van der Waals surface area contributed by atoms with Crippen LogP contribution < -0.4 is 22.1 Å². The van der Waals surface area contributed by atoms with Crippen molar-refractivity contribution in [1.82, 2.24) is 15.0 Å². The molecule has 8 nitrogen and oxygen atoms in total. The van der Waals surface area contributed by atoms with Crippen LogP contribution in [0.3, 0.4) is 0 Å². The molecule has 2 atom stereocenters. The molecule has 0 saturated heterocycles. The molecule has 0 bridgehead atoms. The fourth-order valence-electron chi connectivity index (χ4n) is 3.71. The molecule has 30 heavy (non-hydrogen) atoms. The van der Waals surface area contributed by atoms with Crippen molar-refractivity contribution in [3.63, 3.8) is 0 Å². The van der Waals surface area contributed by atoms with E-state index in [4.69, 9.17) is 11.5 Å². The fourth-order valence-corrected chi connectivity index (χ4v) is 3.71. The van der Waals surface area contributed by atoms with Crippen molar-refractivity contribution >= 4 is 34.3 Å². The summed E-state index contributed by atoms with van der Waals surface area (Å²) < 4.78 is 14.6. The number of primary amides is 1. The highest BCUT2D eigenvalue weighted by atomic mass is 19.1. The maximum absolute atomic E-state index is 14.6. The van der Waals surface area contributed by atoms with Gasteiger partial charge in [-0.1, -0.05) is 12.8 Å². The third kappa shape index (κ3) is 4.16. The predicted molar refractivity (Wildman–Crippen MR) is 114 cm³/mol. The number of hydrogen-bond donors (Lipinski definition) is 4. The van der Waals surface area contributed by atoms with E-state index < -0.39 is 11.7 Å². The highest BCUT2D eigenvalue weighted by Crippen LogP contribution is 2.27. The number of rotatable bonds is 5. The van der Waals surface area contributed by atoms with Gasteiger partial charge in [-0.25, -0.2) is 14.4 Å². The summed E-state index contributed by atoms with van der Waals surface area (Å²) >= 11 is 0. The van der Waals surface area contributed by atoms with Gasteiger partial charge in [0.1, 0.15) is 5.82 Å². The molecular formula is C21H24FN7O. The standard InChI is InChI=1S/C21H24FN7O/c1-11-10-25-18-8-12(6-7-17(18)26-11)27-20-13(19(24)30)9-14(22)21(29-20)28-16-5-3-2-4-15(16)23/h6-10,15-16H,2-5,23H2,1H3,(H2,24,30)(H2,27,28,29). The fraction of sp³-hybridized carbons (Fsp3) is 0.333. The summed E-state index contributed by atoms with van der Waals surface area (Å²) in [5, 5.41) is 6.16. The molecule has 1 aliphatic carbocycles. The third-order valence-electron chi connectivity index (χ3n) is 5.31. The number of anilines is 3. The van der Waals surface area contributed by atoms with Crippen molar-refractivity contribution in [3.05, 3.63) is 47.5 Å². The van der Waals surface area contributed by atoms with Crippen molar-refractivity contribution in [2.75, 3.05) is 10.6 Å². The van der Waals surface area contributed by atoms with Gasteiger partial charge in [0.2, 0.25) is 0 Å². The van der Waals surface area contributed by atoms with Gasteiger partial charge in [-0.15, -0.1) is 0 Å². The molecule has 1 fully saturated rings. The lowest BCUT2D eigenvalue weighted by Crippen LogP contribution is -2.43. The van der Waals surface area contributed by atoms with Crippen LogP contribution in [-0.4, -0.2) is 32.9 Å². The Balaban J connectivity index is 1.67. The van der Waals surface area contributed by atoms with Crippen LogP contribution in [-0.2, 0) is 0 Å². The number of nitrogens with zero attached hydrogens (tertiary/aromatic N) is 3. The van der Waals surface area contributed by atoms with Crippen LogP contribution in [0.15, 0.2) is 30.5 Å². The van der Waals surface area contributed by atoms with E-state index in [2.05, 4.69) is 25.6 Å². The SMILES string of the molecule is Cc1cnc2cc(Nc3nc(NC4CCCCC4N)c(F)cc3C(N)=O)ccc2n1. The molecule has 1 aliphatic rings. The summed E-state index contributed by atoms with van der Waals surface area (Å²) in [6.07, 6.45) is 5.47. The first kappa shape index (κ1) is 20.0. The minimum absolute atomic E-state index is 0.0407. The number of aryl methyl sites for hydroxylation is 1. The number of carbonyl (C=O) groups excluding carboxylic acids is 1. The Morgan fingerprint density at radius 1 is 1.13 bits per heavy atom. The van der Waals surface area contributed by atoms with Gasteiger partial charge >= 0.3 is 0 Å². The number of nitrogens with two attached hydrogens (primary N) is 2. The van der Waals surface area contributed by atoms with Gasteiger partial charge in [0.15, 0.2) is 11.6 Å². The van der Waals surface area contributed by atoms with Crippen molar-refractivity contribution in [3.8, 4) is 0 Å². The first-order valence-electron chi connectivity index (χ1n) is 9.93. The second kappa shape index (κ2) is 8.19. The number of aromatic nitrogens is 3. The second-order valence-electron chi connectivity index (χ2n) is 7.62. The van der Waals surface area contributed by atoms with Crippen LogP contribution in [0.1, 0.15) is 41.7 Å². The van der Waals surface area contributed by atoms with Crippen LogP contribution in [0, 0.1) is 12.7 Å².